The fourth-order valence-corrected chi connectivity index (χ4v) is 6.23. The molecule has 9 nitrogen and oxygen atoms in total. The highest BCUT2D eigenvalue weighted by Gasteiger charge is 2.42. The van der Waals surface area contributed by atoms with Crippen molar-refractivity contribution < 1.29 is 29.3 Å². The molecule has 1 aliphatic rings. The normalized spacial score (nSPS) is 19.7. The Morgan fingerprint density at radius 3 is 2.23 bits per heavy atom. The second-order valence-electron chi connectivity index (χ2n) is 10.3. The van der Waals surface area contributed by atoms with Gasteiger partial charge in [0.05, 0.1) is 24.4 Å². The van der Waals surface area contributed by atoms with Crippen molar-refractivity contribution in [1.29, 1.82) is 0 Å². The first kappa shape index (κ1) is 31.2. The molecule has 4 aromatic rings. The van der Waals surface area contributed by atoms with E-state index in [0.717, 1.165) is 27.8 Å². The Bertz CT molecular complexity index is 1540. The summed E-state index contributed by atoms with van der Waals surface area (Å²) in [6.07, 6.45) is 0.0871. The van der Waals surface area contributed by atoms with Gasteiger partial charge >= 0.3 is 12.0 Å². The maximum atomic E-state index is 11.9. The highest BCUT2D eigenvalue weighted by atomic mass is 32.2. The number of carboxylic acids is 1. The number of carbonyl (C=O) groups is 2. The number of ether oxygens (including phenoxy) is 2. The molecule has 0 saturated carbocycles. The zero-order chi connectivity index (χ0) is 30.9. The van der Waals surface area contributed by atoms with Gasteiger partial charge in [-0.05, 0) is 41.3 Å². The van der Waals surface area contributed by atoms with E-state index >= 15 is 0 Å². The standard InChI is InChI=1S/C34H35N3O6S/c1-2-35-34(41)37-19-22-10-16-26(17-11-22)33-42-28(21-44-31-27(32(39)40)9-6-18-36-31)29(24-7-4-3-5-8-24)30(43-33)25-14-12-23(20-38)13-15-25/h3-18,28-30,33,38H,2,19-21H2,1H3,(H,39,40)(H2,35,37,41)/t28-,29-,30+,33?/m1/s1. The maximum Gasteiger partial charge on any atom is 0.338 e. The molecule has 1 aromatic heterocycles. The van der Waals surface area contributed by atoms with Crippen LogP contribution in [0.25, 0.3) is 0 Å². The number of urea groups is 1. The van der Waals surface area contributed by atoms with Gasteiger partial charge in [-0.1, -0.05) is 78.9 Å². The fraction of sp³-hybridized carbons (Fsp3) is 0.265. The number of nitrogens with zero attached hydrogens (tertiary/aromatic N) is 1. The van der Waals surface area contributed by atoms with Crippen LogP contribution in [0.2, 0.25) is 0 Å². The van der Waals surface area contributed by atoms with Crippen molar-refractivity contribution in [2.45, 2.75) is 49.5 Å². The summed E-state index contributed by atoms with van der Waals surface area (Å²) < 4.78 is 13.4. The number of carboxylic acid groups (broad SMARTS) is 1. The van der Waals surface area contributed by atoms with Crippen LogP contribution in [0.3, 0.4) is 0 Å². The molecule has 0 spiro atoms. The number of aliphatic hydroxyl groups is 1. The van der Waals surface area contributed by atoms with Crippen molar-refractivity contribution in [3.05, 3.63) is 131 Å². The lowest BCUT2D eigenvalue weighted by molar-refractivity contribution is -0.255. The van der Waals surface area contributed by atoms with E-state index in [0.29, 0.717) is 23.9 Å². The van der Waals surface area contributed by atoms with Crippen molar-refractivity contribution in [3.8, 4) is 0 Å². The van der Waals surface area contributed by atoms with E-state index in [1.165, 1.54) is 11.8 Å². The van der Waals surface area contributed by atoms with Crippen LogP contribution in [0.4, 0.5) is 4.79 Å². The molecular formula is C34H35N3O6S. The number of aromatic carboxylic acids is 1. The molecule has 0 bridgehead atoms. The number of aromatic nitrogens is 1. The fourth-order valence-electron chi connectivity index (χ4n) is 5.18. The quantitative estimate of drug-likeness (QED) is 0.156. The van der Waals surface area contributed by atoms with E-state index in [9.17, 15) is 19.8 Å². The molecule has 2 heterocycles. The molecule has 3 aromatic carbocycles. The number of hydrogen-bond acceptors (Lipinski definition) is 7. The Labute approximate surface area is 260 Å². The first-order chi connectivity index (χ1) is 21.5. The minimum Gasteiger partial charge on any atom is -0.478 e. The minimum atomic E-state index is -1.03. The van der Waals surface area contributed by atoms with E-state index < -0.39 is 18.4 Å². The number of thioether (sulfide) groups is 1. The first-order valence-corrected chi connectivity index (χ1v) is 15.4. The molecule has 0 radical (unpaired) electrons. The van der Waals surface area contributed by atoms with Crippen LogP contribution in [-0.2, 0) is 22.6 Å². The second-order valence-corrected chi connectivity index (χ2v) is 11.3. The van der Waals surface area contributed by atoms with Crippen molar-refractivity contribution in [1.82, 2.24) is 15.6 Å². The van der Waals surface area contributed by atoms with Crippen LogP contribution in [0.5, 0.6) is 0 Å². The van der Waals surface area contributed by atoms with Crippen molar-refractivity contribution in [2.75, 3.05) is 12.3 Å². The number of carbonyl (C=O) groups excluding carboxylic acids is 1. The molecule has 44 heavy (non-hydrogen) atoms. The zero-order valence-electron chi connectivity index (χ0n) is 24.3. The average molecular weight is 614 g/mol. The molecule has 5 rings (SSSR count). The molecule has 228 valence electrons. The van der Waals surface area contributed by atoms with Crippen LogP contribution in [-0.4, -0.2) is 45.6 Å². The van der Waals surface area contributed by atoms with E-state index in [1.807, 2.05) is 85.8 Å². The number of amides is 2. The lowest BCUT2D eigenvalue weighted by Crippen LogP contribution is -2.38. The smallest absolute Gasteiger partial charge is 0.338 e. The third kappa shape index (κ3) is 7.64. The Hall–Kier alpha value is -4.22. The Balaban J connectivity index is 1.47. The molecular weight excluding hydrogens is 578 g/mol. The largest absolute Gasteiger partial charge is 0.478 e. The predicted molar refractivity (Wildman–Crippen MR) is 167 cm³/mol. The monoisotopic (exact) mass is 613 g/mol. The number of rotatable bonds is 11. The van der Waals surface area contributed by atoms with Gasteiger partial charge in [-0.15, -0.1) is 11.8 Å². The zero-order valence-corrected chi connectivity index (χ0v) is 25.1. The Morgan fingerprint density at radius 1 is 0.841 bits per heavy atom. The summed E-state index contributed by atoms with van der Waals surface area (Å²) in [7, 11) is 0. The third-order valence-corrected chi connectivity index (χ3v) is 8.49. The molecule has 4 atom stereocenters. The minimum absolute atomic E-state index is 0.0593. The summed E-state index contributed by atoms with van der Waals surface area (Å²) in [5, 5.41) is 25.3. The predicted octanol–water partition coefficient (Wildman–Crippen LogP) is 5.82. The van der Waals surface area contributed by atoms with Crippen LogP contribution < -0.4 is 10.6 Å². The van der Waals surface area contributed by atoms with E-state index in [-0.39, 0.29) is 30.2 Å². The molecule has 0 aliphatic carbocycles. The van der Waals surface area contributed by atoms with Crippen LogP contribution in [0, 0.1) is 0 Å². The number of benzene rings is 3. The second kappa shape index (κ2) is 15.0. The maximum absolute atomic E-state index is 11.9. The van der Waals surface area contributed by atoms with Gasteiger partial charge in [0.25, 0.3) is 0 Å². The topological polar surface area (TPSA) is 130 Å². The van der Waals surface area contributed by atoms with Gasteiger partial charge in [-0.2, -0.15) is 0 Å². The molecule has 1 fully saturated rings. The molecule has 10 heteroatoms. The van der Waals surface area contributed by atoms with Crippen molar-refractivity contribution >= 4 is 23.8 Å². The summed E-state index contributed by atoms with van der Waals surface area (Å²) in [6.45, 7) is 2.73. The molecule has 1 saturated heterocycles. The molecule has 4 N–H and O–H groups in total. The molecule has 2 amide bonds. The van der Waals surface area contributed by atoms with Gasteiger partial charge in [0.2, 0.25) is 0 Å². The SMILES string of the molecule is CCNC(=O)NCc1ccc(C2O[C@H](CSc3ncccc3C(=O)O)[C@@H](c3ccccc3)[C@H](c3ccc(CO)cc3)O2)cc1. The molecule has 1 aliphatic heterocycles. The van der Waals surface area contributed by atoms with Crippen LogP contribution >= 0.6 is 11.8 Å². The summed E-state index contributed by atoms with van der Waals surface area (Å²) in [4.78, 5) is 28.1. The first-order valence-electron chi connectivity index (χ1n) is 14.4. The van der Waals surface area contributed by atoms with Gasteiger partial charge in [0.1, 0.15) is 5.03 Å². The number of aliphatic hydroxyl groups excluding tert-OH is 1. The van der Waals surface area contributed by atoms with E-state index in [4.69, 9.17) is 9.47 Å². The average Bonchev–Trinajstić information content (AvgIpc) is 3.07. The number of pyridine rings is 1. The van der Waals surface area contributed by atoms with Gasteiger partial charge in [-0.3, -0.25) is 0 Å². The van der Waals surface area contributed by atoms with E-state index in [1.54, 1.807) is 18.3 Å². The Kier molecular flexibility index (Phi) is 10.6. The highest BCUT2D eigenvalue weighted by molar-refractivity contribution is 7.99. The summed E-state index contributed by atoms with van der Waals surface area (Å²) in [5.74, 6) is -0.830. The number of hydrogen-bond donors (Lipinski definition) is 4. The van der Waals surface area contributed by atoms with Gasteiger partial charge in [0, 0.05) is 36.5 Å². The van der Waals surface area contributed by atoms with Crippen molar-refractivity contribution in [3.63, 3.8) is 0 Å². The van der Waals surface area contributed by atoms with Gasteiger partial charge in [-0.25, -0.2) is 14.6 Å². The molecule has 1 unspecified atom stereocenters. The van der Waals surface area contributed by atoms with E-state index in [2.05, 4.69) is 15.6 Å². The summed E-state index contributed by atoms with van der Waals surface area (Å²) >= 11 is 1.34. The van der Waals surface area contributed by atoms with Gasteiger partial charge in [0.15, 0.2) is 6.29 Å². The lowest BCUT2D eigenvalue weighted by Gasteiger charge is -2.43. The lowest BCUT2D eigenvalue weighted by atomic mass is 9.84. The van der Waals surface area contributed by atoms with Crippen LogP contribution in [0.1, 0.15) is 63.4 Å². The van der Waals surface area contributed by atoms with Gasteiger partial charge < -0.3 is 30.3 Å². The van der Waals surface area contributed by atoms with Crippen LogP contribution in [0.15, 0.2) is 102 Å². The van der Waals surface area contributed by atoms with Crippen molar-refractivity contribution in [2.24, 2.45) is 0 Å². The summed E-state index contributed by atoms with van der Waals surface area (Å²) in [5.41, 5.74) is 4.65. The number of nitrogens with one attached hydrogen (secondary N) is 2. The summed E-state index contributed by atoms with van der Waals surface area (Å²) in [6, 6.07) is 28.4. The Morgan fingerprint density at radius 2 is 1.55 bits per heavy atom. The highest BCUT2D eigenvalue weighted by Crippen LogP contribution is 2.48. The third-order valence-electron chi connectivity index (χ3n) is 7.40.